The summed E-state index contributed by atoms with van der Waals surface area (Å²) in [5, 5.41) is 2.66. The highest BCUT2D eigenvalue weighted by Gasteiger charge is 2.39. The van der Waals surface area contributed by atoms with Crippen LogP contribution in [-0.4, -0.2) is 29.7 Å². The topological polar surface area (TPSA) is 82.5 Å². The standard InChI is InChI=1S/C23H24F3N3O4/c1-6-17(21(30)28-16-11-14(32-4)7-8-19(16)33-5)29-18-10-13(3)12(2)9-15(18)27-20(22(29)31)23(24,25)26/h7-11,17H,6H2,1-5H3,(H,28,30)/t17-/m0/s1. The second-order valence-electron chi connectivity index (χ2n) is 7.54. The molecule has 0 unspecified atom stereocenters. The molecule has 0 radical (unpaired) electrons. The molecule has 3 rings (SSSR count). The molecule has 10 heteroatoms. The molecule has 0 bridgehead atoms. The zero-order valence-electron chi connectivity index (χ0n) is 18.8. The molecule has 1 atom stereocenters. The van der Waals surface area contributed by atoms with Gasteiger partial charge in [0.1, 0.15) is 17.5 Å². The number of alkyl halides is 3. The molecular weight excluding hydrogens is 439 g/mol. The van der Waals surface area contributed by atoms with E-state index in [-0.39, 0.29) is 23.1 Å². The van der Waals surface area contributed by atoms with Gasteiger partial charge in [-0.05, 0) is 55.7 Å². The largest absolute Gasteiger partial charge is 0.497 e. The van der Waals surface area contributed by atoms with Gasteiger partial charge in [0.05, 0.1) is 30.9 Å². The maximum atomic E-state index is 13.6. The van der Waals surface area contributed by atoms with Gasteiger partial charge >= 0.3 is 6.18 Å². The minimum absolute atomic E-state index is 0.0183. The number of amides is 1. The molecule has 0 aliphatic heterocycles. The summed E-state index contributed by atoms with van der Waals surface area (Å²) in [7, 11) is 2.87. The maximum absolute atomic E-state index is 13.6. The van der Waals surface area contributed by atoms with E-state index >= 15 is 0 Å². The molecule has 0 aliphatic carbocycles. The number of nitrogens with zero attached hydrogens (tertiary/aromatic N) is 2. The monoisotopic (exact) mass is 463 g/mol. The number of aromatic nitrogens is 2. The lowest BCUT2D eigenvalue weighted by Gasteiger charge is -2.22. The van der Waals surface area contributed by atoms with Crippen molar-refractivity contribution in [2.24, 2.45) is 0 Å². The predicted molar refractivity (Wildman–Crippen MR) is 118 cm³/mol. The first-order valence-electron chi connectivity index (χ1n) is 10.1. The van der Waals surface area contributed by atoms with Gasteiger partial charge in [0, 0.05) is 6.07 Å². The number of benzene rings is 2. The lowest BCUT2D eigenvalue weighted by Crippen LogP contribution is -2.37. The van der Waals surface area contributed by atoms with Crippen molar-refractivity contribution >= 4 is 22.6 Å². The third-order valence-corrected chi connectivity index (χ3v) is 5.44. The van der Waals surface area contributed by atoms with Crippen molar-refractivity contribution in [2.75, 3.05) is 19.5 Å². The van der Waals surface area contributed by atoms with Crippen LogP contribution in [0.1, 0.15) is 36.2 Å². The van der Waals surface area contributed by atoms with Gasteiger partial charge in [-0.2, -0.15) is 13.2 Å². The Morgan fingerprint density at radius 1 is 1.12 bits per heavy atom. The van der Waals surface area contributed by atoms with Crippen molar-refractivity contribution in [1.29, 1.82) is 0 Å². The highest BCUT2D eigenvalue weighted by Crippen LogP contribution is 2.32. The van der Waals surface area contributed by atoms with E-state index < -0.39 is 29.4 Å². The summed E-state index contributed by atoms with van der Waals surface area (Å²) in [6.45, 7) is 5.11. The summed E-state index contributed by atoms with van der Waals surface area (Å²) in [5.74, 6) is 0.0922. The Labute approximate surface area is 188 Å². The minimum Gasteiger partial charge on any atom is -0.497 e. The number of aryl methyl sites for hydroxylation is 2. The second-order valence-corrected chi connectivity index (χ2v) is 7.54. The van der Waals surface area contributed by atoms with Crippen molar-refractivity contribution in [2.45, 2.75) is 39.4 Å². The summed E-state index contributed by atoms with van der Waals surface area (Å²) in [4.78, 5) is 29.8. The van der Waals surface area contributed by atoms with E-state index in [4.69, 9.17) is 9.47 Å². The molecular formula is C23H24F3N3O4. The van der Waals surface area contributed by atoms with Crippen LogP contribution in [0.5, 0.6) is 11.5 Å². The van der Waals surface area contributed by atoms with Crippen LogP contribution >= 0.6 is 0 Å². The normalized spacial score (nSPS) is 12.5. The van der Waals surface area contributed by atoms with Gasteiger partial charge in [-0.25, -0.2) is 4.98 Å². The SMILES string of the molecule is CC[C@@H](C(=O)Nc1cc(OC)ccc1OC)n1c(=O)c(C(F)(F)F)nc2cc(C)c(C)cc21. The summed E-state index contributed by atoms with van der Waals surface area (Å²) < 4.78 is 52.2. The molecule has 1 aromatic heterocycles. The Morgan fingerprint density at radius 3 is 2.36 bits per heavy atom. The van der Waals surface area contributed by atoms with Crippen LogP contribution in [-0.2, 0) is 11.0 Å². The van der Waals surface area contributed by atoms with Gasteiger partial charge in [-0.15, -0.1) is 0 Å². The molecule has 0 saturated heterocycles. The van der Waals surface area contributed by atoms with Gasteiger partial charge in [0.25, 0.3) is 5.56 Å². The highest BCUT2D eigenvalue weighted by atomic mass is 19.4. The molecule has 0 saturated carbocycles. The number of methoxy groups -OCH3 is 2. The third-order valence-electron chi connectivity index (χ3n) is 5.44. The third kappa shape index (κ3) is 4.64. The van der Waals surface area contributed by atoms with E-state index in [0.717, 1.165) is 10.1 Å². The first kappa shape index (κ1) is 24.1. The smallest absolute Gasteiger partial charge is 0.438 e. The predicted octanol–water partition coefficient (Wildman–Crippen LogP) is 4.64. The van der Waals surface area contributed by atoms with E-state index in [1.165, 1.54) is 26.4 Å². The number of anilines is 1. The van der Waals surface area contributed by atoms with Gasteiger partial charge in [0.2, 0.25) is 11.6 Å². The van der Waals surface area contributed by atoms with E-state index in [2.05, 4.69) is 10.3 Å². The molecule has 7 nitrogen and oxygen atoms in total. The Morgan fingerprint density at radius 2 is 1.79 bits per heavy atom. The molecule has 1 heterocycles. The zero-order chi connectivity index (χ0) is 24.5. The first-order valence-corrected chi connectivity index (χ1v) is 10.1. The number of carbonyl (C=O) groups excluding carboxylic acids is 1. The van der Waals surface area contributed by atoms with Crippen LogP contribution in [0.25, 0.3) is 11.0 Å². The fourth-order valence-corrected chi connectivity index (χ4v) is 3.57. The van der Waals surface area contributed by atoms with Gasteiger partial charge in [0.15, 0.2) is 0 Å². The molecule has 0 fully saturated rings. The molecule has 0 aliphatic rings. The average Bonchev–Trinajstić information content (AvgIpc) is 2.76. The lowest BCUT2D eigenvalue weighted by molar-refractivity contribution is -0.142. The molecule has 1 N–H and O–H groups in total. The van der Waals surface area contributed by atoms with Crippen LogP contribution in [0.4, 0.5) is 18.9 Å². The van der Waals surface area contributed by atoms with Crippen LogP contribution in [0.2, 0.25) is 0 Å². The first-order chi connectivity index (χ1) is 15.5. The van der Waals surface area contributed by atoms with Crippen molar-refractivity contribution in [3.63, 3.8) is 0 Å². The number of carbonyl (C=O) groups is 1. The van der Waals surface area contributed by atoms with E-state index in [9.17, 15) is 22.8 Å². The molecule has 33 heavy (non-hydrogen) atoms. The highest BCUT2D eigenvalue weighted by molar-refractivity contribution is 5.96. The van der Waals surface area contributed by atoms with E-state index in [0.29, 0.717) is 17.1 Å². The minimum atomic E-state index is -4.98. The Balaban J connectivity index is 2.21. The fraction of sp³-hybridized carbons (Fsp3) is 0.348. The molecule has 1 amide bonds. The summed E-state index contributed by atoms with van der Waals surface area (Å²) in [6.07, 6.45) is -4.92. The van der Waals surface area contributed by atoms with Crippen LogP contribution in [0, 0.1) is 13.8 Å². The van der Waals surface area contributed by atoms with Crippen LogP contribution < -0.4 is 20.3 Å². The van der Waals surface area contributed by atoms with E-state index in [1.807, 2.05) is 0 Å². The maximum Gasteiger partial charge on any atom is 0.438 e. The van der Waals surface area contributed by atoms with Gasteiger partial charge < -0.3 is 14.8 Å². The number of halogens is 3. The number of hydrogen-bond donors (Lipinski definition) is 1. The fourth-order valence-electron chi connectivity index (χ4n) is 3.57. The zero-order valence-corrected chi connectivity index (χ0v) is 18.8. The van der Waals surface area contributed by atoms with Crippen LogP contribution in [0.15, 0.2) is 35.1 Å². The summed E-state index contributed by atoms with van der Waals surface area (Å²) in [5.41, 5.74) is -1.09. The van der Waals surface area contributed by atoms with Gasteiger partial charge in [-0.1, -0.05) is 6.92 Å². The molecule has 3 aromatic rings. The summed E-state index contributed by atoms with van der Waals surface area (Å²) in [6, 6.07) is 6.55. The molecule has 0 spiro atoms. The summed E-state index contributed by atoms with van der Waals surface area (Å²) >= 11 is 0. The van der Waals surface area contributed by atoms with Crippen LogP contribution in [0.3, 0.4) is 0 Å². The quantitative estimate of drug-likeness (QED) is 0.576. The number of ether oxygens (including phenoxy) is 2. The Kier molecular flexibility index (Phi) is 6.66. The Hall–Kier alpha value is -3.56. The number of nitrogens with one attached hydrogen (secondary N) is 1. The molecule has 176 valence electrons. The Bertz CT molecular complexity index is 1270. The van der Waals surface area contributed by atoms with E-state index in [1.54, 1.807) is 39.0 Å². The number of fused-ring (bicyclic) bond motifs is 1. The van der Waals surface area contributed by atoms with Crippen molar-refractivity contribution in [3.05, 3.63) is 57.5 Å². The van der Waals surface area contributed by atoms with Gasteiger partial charge in [-0.3, -0.25) is 14.2 Å². The second kappa shape index (κ2) is 9.13. The molecule has 2 aromatic carbocycles. The average molecular weight is 463 g/mol. The van der Waals surface area contributed by atoms with Crippen molar-refractivity contribution < 1.29 is 27.4 Å². The number of hydrogen-bond acceptors (Lipinski definition) is 5. The lowest BCUT2D eigenvalue weighted by atomic mass is 10.1. The number of rotatable bonds is 6. The van der Waals surface area contributed by atoms with Crippen molar-refractivity contribution in [1.82, 2.24) is 9.55 Å². The van der Waals surface area contributed by atoms with Crippen molar-refractivity contribution in [3.8, 4) is 11.5 Å².